The third kappa shape index (κ3) is 3.48. The Kier molecular flexibility index (Phi) is 4.04. The van der Waals surface area contributed by atoms with Crippen molar-refractivity contribution >= 4 is 5.69 Å². The van der Waals surface area contributed by atoms with Crippen LogP contribution in [0.3, 0.4) is 0 Å². The maximum atomic E-state index is 3.53. The average molecular weight is 259 g/mol. The summed E-state index contributed by atoms with van der Waals surface area (Å²) in [6.07, 6.45) is 2.87. The molecule has 1 unspecified atom stereocenters. The molecule has 1 heterocycles. The molecule has 1 saturated carbocycles. The minimum atomic E-state index is 0.613. The molecular formula is C16H25N3. The first kappa shape index (κ1) is 12.9. The molecule has 1 N–H and O–H groups in total. The van der Waals surface area contributed by atoms with E-state index in [1.165, 1.54) is 44.7 Å². The number of para-hydroxylation sites is 1. The number of hydrogen-bond acceptors (Lipinski definition) is 3. The molecule has 3 rings (SSSR count). The molecule has 0 amide bonds. The third-order valence-electron chi connectivity index (χ3n) is 4.41. The van der Waals surface area contributed by atoms with Crippen LogP contribution in [-0.4, -0.2) is 54.6 Å². The minimum Gasteiger partial charge on any atom is -0.383 e. The van der Waals surface area contributed by atoms with Gasteiger partial charge in [-0.25, -0.2) is 0 Å². The Labute approximate surface area is 116 Å². The third-order valence-corrected chi connectivity index (χ3v) is 4.41. The van der Waals surface area contributed by atoms with E-state index in [1.807, 2.05) is 0 Å². The molecule has 2 fully saturated rings. The van der Waals surface area contributed by atoms with Crippen LogP contribution >= 0.6 is 0 Å². The molecule has 0 radical (unpaired) electrons. The molecule has 0 spiro atoms. The lowest BCUT2D eigenvalue weighted by Gasteiger charge is -2.38. The fourth-order valence-corrected chi connectivity index (χ4v) is 2.93. The SMILES string of the molecule is CC(CNc1ccccc1)N1CCN(C2CC2)CC1. The first-order valence-electron chi connectivity index (χ1n) is 7.60. The predicted octanol–water partition coefficient (Wildman–Crippen LogP) is 2.27. The van der Waals surface area contributed by atoms with E-state index < -0.39 is 0 Å². The lowest BCUT2D eigenvalue weighted by Crippen LogP contribution is -2.51. The van der Waals surface area contributed by atoms with Gasteiger partial charge in [-0.2, -0.15) is 0 Å². The first-order valence-corrected chi connectivity index (χ1v) is 7.60. The van der Waals surface area contributed by atoms with Gasteiger partial charge in [0.15, 0.2) is 0 Å². The smallest absolute Gasteiger partial charge is 0.0340 e. The summed E-state index contributed by atoms with van der Waals surface area (Å²) in [7, 11) is 0. The second kappa shape index (κ2) is 5.93. The lowest BCUT2D eigenvalue weighted by molar-refractivity contribution is 0.101. The highest BCUT2D eigenvalue weighted by Crippen LogP contribution is 2.27. The Morgan fingerprint density at radius 1 is 1.11 bits per heavy atom. The summed E-state index contributed by atoms with van der Waals surface area (Å²) in [5.41, 5.74) is 1.23. The van der Waals surface area contributed by atoms with Gasteiger partial charge >= 0.3 is 0 Å². The van der Waals surface area contributed by atoms with Crippen LogP contribution in [0.5, 0.6) is 0 Å². The Balaban J connectivity index is 1.42. The van der Waals surface area contributed by atoms with Gasteiger partial charge < -0.3 is 5.32 Å². The molecule has 1 aliphatic heterocycles. The van der Waals surface area contributed by atoms with Crippen LogP contribution in [0.15, 0.2) is 30.3 Å². The van der Waals surface area contributed by atoms with Gasteiger partial charge in [0.25, 0.3) is 0 Å². The van der Waals surface area contributed by atoms with Crippen molar-refractivity contribution in [1.29, 1.82) is 0 Å². The molecule has 1 atom stereocenters. The van der Waals surface area contributed by atoms with Crippen molar-refractivity contribution in [3.63, 3.8) is 0 Å². The van der Waals surface area contributed by atoms with Crippen LogP contribution in [0, 0.1) is 0 Å². The van der Waals surface area contributed by atoms with Crippen molar-refractivity contribution in [2.45, 2.75) is 31.8 Å². The molecule has 1 saturated heterocycles. The molecular weight excluding hydrogens is 234 g/mol. The van der Waals surface area contributed by atoms with E-state index in [9.17, 15) is 0 Å². The normalized spacial score (nSPS) is 23.2. The van der Waals surface area contributed by atoms with Crippen LogP contribution < -0.4 is 5.32 Å². The lowest BCUT2D eigenvalue weighted by atomic mass is 10.2. The molecule has 2 aliphatic rings. The van der Waals surface area contributed by atoms with Crippen LogP contribution in [-0.2, 0) is 0 Å². The van der Waals surface area contributed by atoms with Crippen LogP contribution in [0.4, 0.5) is 5.69 Å². The van der Waals surface area contributed by atoms with E-state index in [-0.39, 0.29) is 0 Å². The highest BCUT2D eigenvalue weighted by Gasteiger charge is 2.31. The summed E-state index contributed by atoms with van der Waals surface area (Å²) < 4.78 is 0. The number of benzene rings is 1. The quantitative estimate of drug-likeness (QED) is 0.875. The van der Waals surface area contributed by atoms with Crippen molar-refractivity contribution in [2.24, 2.45) is 0 Å². The Morgan fingerprint density at radius 3 is 2.42 bits per heavy atom. The molecule has 0 aromatic heterocycles. The maximum absolute atomic E-state index is 3.53. The minimum absolute atomic E-state index is 0.613. The van der Waals surface area contributed by atoms with Crippen molar-refractivity contribution in [1.82, 2.24) is 9.80 Å². The Morgan fingerprint density at radius 2 is 1.79 bits per heavy atom. The number of hydrogen-bond donors (Lipinski definition) is 1. The average Bonchev–Trinajstić information content (AvgIpc) is 3.31. The molecule has 1 aromatic rings. The zero-order chi connectivity index (χ0) is 13.1. The van der Waals surface area contributed by atoms with Gasteiger partial charge in [0.2, 0.25) is 0 Å². The van der Waals surface area contributed by atoms with E-state index in [4.69, 9.17) is 0 Å². The highest BCUT2D eigenvalue weighted by molar-refractivity contribution is 5.42. The largest absolute Gasteiger partial charge is 0.383 e. The number of rotatable bonds is 5. The number of piperazine rings is 1. The molecule has 104 valence electrons. The monoisotopic (exact) mass is 259 g/mol. The molecule has 0 bridgehead atoms. The fraction of sp³-hybridized carbons (Fsp3) is 0.625. The molecule has 3 heteroatoms. The Bertz CT molecular complexity index is 380. The van der Waals surface area contributed by atoms with Gasteiger partial charge in [0.05, 0.1) is 0 Å². The molecule has 1 aromatic carbocycles. The van der Waals surface area contributed by atoms with Crippen molar-refractivity contribution in [3.05, 3.63) is 30.3 Å². The van der Waals surface area contributed by atoms with E-state index in [0.717, 1.165) is 12.6 Å². The summed E-state index contributed by atoms with van der Waals surface area (Å²) >= 11 is 0. The Hall–Kier alpha value is -1.06. The second-order valence-electron chi connectivity index (χ2n) is 5.90. The summed E-state index contributed by atoms with van der Waals surface area (Å²) in [5.74, 6) is 0. The molecule has 3 nitrogen and oxygen atoms in total. The van der Waals surface area contributed by atoms with E-state index in [0.29, 0.717) is 6.04 Å². The molecule has 19 heavy (non-hydrogen) atoms. The van der Waals surface area contributed by atoms with Crippen LogP contribution in [0.25, 0.3) is 0 Å². The van der Waals surface area contributed by atoms with Gasteiger partial charge in [-0.05, 0) is 31.9 Å². The maximum Gasteiger partial charge on any atom is 0.0340 e. The standard InChI is InChI=1S/C16H25N3/c1-14(13-17-15-5-3-2-4-6-15)18-9-11-19(12-10-18)16-7-8-16/h2-6,14,16-17H,7-13H2,1H3. The number of nitrogens with one attached hydrogen (secondary N) is 1. The summed E-state index contributed by atoms with van der Waals surface area (Å²) in [6.45, 7) is 8.36. The summed E-state index contributed by atoms with van der Waals surface area (Å²) in [6, 6.07) is 12.0. The van der Waals surface area contributed by atoms with Crippen molar-refractivity contribution < 1.29 is 0 Å². The summed E-state index contributed by atoms with van der Waals surface area (Å²) in [4.78, 5) is 5.29. The van der Waals surface area contributed by atoms with Crippen molar-refractivity contribution in [3.8, 4) is 0 Å². The predicted molar refractivity (Wildman–Crippen MR) is 80.6 cm³/mol. The molecule has 1 aliphatic carbocycles. The van der Waals surface area contributed by atoms with Crippen molar-refractivity contribution in [2.75, 3.05) is 38.0 Å². The van der Waals surface area contributed by atoms with Gasteiger partial charge in [0, 0.05) is 50.5 Å². The fourth-order valence-electron chi connectivity index (χ4n) is 2.93. The van der Waals surface area contributed by atoms with E-state index in [1.54, 1.807) is 0 Å². The van der Waals surface area contributed by atoms with Gasteiger partial charge in [-0.15, -0.1) is 0 Å². The zero-order valence-electron chi connectivity index (χ0n) is 11.9. The second-order valence-corrected chi connectivity index (χ2v) is 5.90. The van der Waals surface area contributed by atoms with Crippen LogP contribution in [0.2, 0.25) is 0 Å². The number of nitrogens with zero attached hydrogens (tertiary/aromatic N) is 2. The number of anilines is 1. The highest BCUT2D eigenvalue weighted by atomic mass is 15.3. The topological polar surface area (TPSA) is 18.5 Å². The first-order chi connectivity index (χ1) is 9.33. The van der Waals surface area contributed by atoms with E-state index in [2.05, 4.69) is 52.4 Å². The van der Waals surface area contributed by atoms with Crippen LogP contribution in [0.1, 0.15) is 19.8 Å². The zero-order valence-corrected chi connectivity index (χ0v) is 11.9. The summed E-state index contributed by atoms with van der Waals surface area (Å²) in [5, 5.41) is 3.53. The van der Waals surface area contributed by atoms with Gasteiger partial charge in [-0.1, -0.05) is 18.2 Å². The van der Waals surface area contributed by atoms with Gasteiger partial charge in [0.1, 0.15) is 0 Å². The van der Waals surface area contributed by atoms with Gasteiger partial charge in [-0.3, -0.25) is 9.80 Å². The van der Waals surface area contributed by atoms with E-state index >= 15 is 0 Å².